The largest absolute Gasteiger partial charge is 0.393 e. The quantitative estimate of drug-likeness (QED) is 0.703. The van der Waals surface area contributed by atoms with Crippen molar-refractivity contribution in [3.63, 3.8) is 0 Å². The zero-order valence-electron chi connectivity index (χ0n) is 11.6. The highest BCUT2D eigenvalue weighted by Crippen LogP contribution is 2.58. The maximum Gasteiger partial charge on any atom is 0.0717 e. The van der Waals surface area contributed by atoms with Gasteiger partial charge in [0.05, 0.1) is 17.3 Å². The van der Waals surface area contributed by atoms with Crippen molar-refractivity contribution in [2.45, 2.75) is 70.7 Å². The molecule has 0 aromatic rings. The van der Waals surface area contributed by atoms with Crippen molar-refractivity contribution in [1.29, 1.82) is 0 Å². The van der Waals surface area contributed by atoms with Gasteiger partial charge in [-0.1, -0.05) is 6.92 Å². The van der Waals surface area contributed by atoms with Crippen molar-refractivity contribution in [3.05, 3.63) is 0 Å². The van der Waals surface area contributed by atoms with Gasteiger partial charge >= 0.3 is 0 Å². The Labute approximate surface area is 105 Å². The first-order chi connectivity index (χ1) is 7.83. The normalized spacial score (nSPS) is 56.6. The Hall–Kier alpha value is -0.0800. The van der Waals surface area contributed by atoms with Gasteiger partial charge in [0.2, 0.25) is 0 Å². The van der Waals surface area contributed by atoms with Crippen LogP contribution in [0, 0.1) is 23.7 Å². The van der Waals surface area contributed by atoms with Crippen molar-refractivity contribution < 1.29 is 9.84 Å². The highest BCUT2D eigenvalue weighted by Gasteiger charge is 2.59. The van der Waals surface area contributed by atoms with Crippen molar-refractivity contribution in [3.8, 4) is 0 Å². The lowest BCUT2D eigenvalue weighted by Gasteiger charge is -2.48. The van der Waals surface area contributed by atoms with Gasteiger partial charge in [-0.3, -0.25) is 0 Å². The summed E-state index contributed by atoms with van der Waals surface area (Å²) in [6.07, 6.45) is 4.49. The molecule has 2 saturated carbocycles. The summed E-state index contributed by atoms with van der Waals surface area (Å²) in [6, 6.07) is 0. The van der Waals surface area contributed by atoms with E-state index in [1.54, 1.807) is 0 Å². The Morgan fingerprint density at radius 2 is 1.88 bits per heavy atom. The molecule has 0 radical (unpaired) electrons. The molecule has 2 nitrogen and oxygen atoms in total. The van der Waals surface area contributed by atoms with Crippen molar-refractivity contribution in [2.24, 2.45) is 23.7 Å². The van der Waals surface area contributed by atoms with Crippen LogP contribution in [0.5, 0.6) is 0 Å². The third-order valence-electron chi connectivity index (χ3n) is 5.95. The van der Waals surface area contributed by atoms with Crippen LogP contribution < -0.4 is 0 Å². The van der Waals surface area contributed by atoms with E-state index in [0.717, 1.165) is 12.8 Å². The van der Waals surface area contributed by atoms with Crippen LogP contribution in [0.15, 0.2) is 0 Å². The molecule has 0 spiro atoms. The van der Waals surface area contributed by atoms with Gasteiger partial charge in [0.15, 0.2) is 0 Å². The summed E-state index contributed by atoms with van der Waals surface area (Å²) in [5, 5.41) is 10.4. The van der Waals surface area contributed by atoms with Gasteiger partial charge in [-0.15, -0.1) is 0 Å². The van der Waals surface area contributed by atoms with E-state index in [4.69, 9.17) is 4.74 Å². The van der Waals surface area contributed by atoms with Gasteiger partial charge in [0.25, 0.3) is 0 Å². The molecule has 4 fully saturated rings. The first-order valence-corrected chi connectivity index (χ1v) is 7.22. The predicted molar refractivity (Wildman–Crippen MR) is 67.7 cm³/mol. The number of rotatable bonds is 0. The molecule has 2 heteroatoms. The lowest BCUT2D eigenvalue weighted by molar-refractivity contribution is -0.209. The highest BCUT2D eigenvalue weighted by molar-refractivity contribution is 5.08. The summed E-state index contributed by atoms with van der Waals surface area (Å²) in [6.45, 7) is 9.05. The first-order valence-electron chi connectivity index (χ1n) is 7.22. The highest BCUT2D eigenvalue weighted by atomic mass is 16.5. The monoisotopic (exact) mass is 238 g/mol. The van der Waals surface area contributed by atoms with E-state index >= 15 is 0 Å². The molecule has 98 valence electrons. The average molecular weight is 238 g/mol. The Kier molecular flexibility index (Phi) is 2.45. The smallest absolute Gasteiger partial charge is 0.0717 e. The number of hydrogen-bond acceptors (Lipinski definition) is 2. The van der Waals surface area contributed by atoms with Crippen LogP contribution in [-0.2, 0) is 4.74 Å². The van der Waals surface area contributed by atoms with Crippen LogP contribution in [0.25, 0.3) is 0 Å². The fraction of sp³-hybridized carbons (Fsp3) is 1.00. The Morgan fingerprint density at radius 3 is 2.53 bits per heavy atom. The zero-order valence-corrected chi connectivity index (χ0v) is 11.6. The number of aliphatic hydroxyl groups excluding tert-OH is 1. The van der Waals surface area contributed by atoms with Crippen LogP contribution in [0.4, 0.5) is 0 Å². The zero-order chi connectivity index (χ0) is 12.4. The Bertz CT molecular complexity index is 325. The molecule has 4 rings (SSSR count). The summed E-state index contributed by atoms with van der Waals surface area (Å²) in [5.74, 6) is 2.37. The molecule has 1 N–H and O–H groups in total. The number of aliphatic hydroxyl groups is 1. The lowest BCUT2D eigenvalue weighted by Crippen LogP contribution is -2.51. The summed E-state index contributed by atoms with van der Waals surface area (Å²) in [5.41, 5.74) is -0.0951. The molecule has 0 amide bonds. The summed E-state index contributed by atoms with van der Waals surface area (Å²) in [7, 11) is 0. The van der Waals surface area contributed by atoms with E-state index in [1.807, 2.05) is 0 Å². The summed E-state index contributed by atoms with van der Waals surface area (Å²) >= 11 is 0. The van der Waals surface area contributed by atoms with Gasteiger partial charge in [0, 0.05) is 5.92 Å². The van der Waals surface area contributed by atoms with E-state index in [2.05, 4.69) is 27.7 Å². The molecule has 0 unspecified atom stereocenters. The van der Waals surface area contributed by atoms with E-state index in [1.165, 1.54) is 12.8 Å². The maximum atomic E-state index is 10.4. The molecule has 17 heavy (non-hydrogen) atoms. The Balaban J connectivity index is 2.01. The molecular weight excluding hydrogens is 212 g/mol. The van der Waals surface area contributed by atoms with Crippen molar-refractivity contribution in [2.75, 3.05) is 0 Å². The van der Waals surface area contributed by atoms with Gasteiger partial charge < -0.3 is 9.84 Å². The van der Waals surface area contributed by atoms with Crippen LogP contribution in [0.2, 0.25) is 0 Å². The molecule has 2 bridgehead atoms. The molecule has 2 aliphatic heterocycles. The van der Waals surface area contributed by atoms with Crippen LogP contribution >= 0.6 is 0 Å². The first kappa shape index (κ1) is 12.0. The molecule has 0 aromatic heterocycles. The molecule has 2 saturated heterocycles. The number of fused-ring (bicyclic) bond motifs is 2. The molecule has 4 aliphatic rings. The van der Waals surface area contributed by atoms with Gasteiger partial charge in [-0.05, 0) is 64.2 Å². The number of ether oxygens (including phenoxy) is 1. The van der Waals surface area contributed by atoms with Crippen LogP contribution in [-0.4, -0.2) is 22.4 Å². The predicted octanol–water partition coefficient (Wildman–Crippen LogP) is 2.99. The average Bonchev–Trinajstić information content (AvgIpc) is 2.36. The standard InChI is InChI=1S/C15H26O2/c1-9-7-12(16)13-11(9)8-10-5-6-15(13,4)17-14(10,2)3/h9-13,16H,5-8H2,1-4H3/t9-,10+,11-,12-,13+,15-/m1/s1. The molecular formula is C15H26O2. The van der Waals surface area contributed by atoms with Crippen molar-refractivity contribution in [1.82, 2.24) is 0 Å². The van der Waals surface area contributed by atoms with E-state index in [-0.39, 0.29) is 17.3 Å². The van der Waals surface area contributed by atoms with E-state index < -0.39 is 0 Å². The molecule has 2 aliphatic carbocycles. The third-order valence-corrected chi connectivity index (χ3v) is 5.95. The topological polar surface area (TPSA) is 29.5 Å². The maximum absolute atomic E-state index is 10.4. The van der Waals surface area contributed by atoms with Gasteiger partial charge in [-0.2, -0.15) is 0 Å². The van der Waals surface area contributed by atoms with E-state index in [0.29, 0.717) is 23.7 Å². The summed E-state index contributed by atoms with van der Waals surface area (Å²) < 4.78 is 6.46. The van der Waals surface area contributed by atoms with Crippen LogP contribution in [0.3, 0.4) is 0 Å². The van der Waals surface area contributed by atoms with E-state index in [9.17, 15) is 5.11 Å². The Morgan fingerprint density at radius 1 is 1.18 bits per heavy atom. The minimum Gasteiger partial charge on any atom is -0.393 e. The minimum atomic E-state index is -0.146. The molecule has 2 heterocycles. The second-order valence-electron chi connectivity index (χ2n) is 7.46. The summed E-state index contributed by atoms with van der Waals surface area (Å²) in [4.78, 5) is 0. The molecule has 6 atom stereocenters. The van der Waals surface area contributed by atoms with Crippen LogP contribution in [0.1, 0.15) is 53.4 Å². The second-order valence-corrected chi connectivity index (χ2v) is 7.46. The third kappa shape index (κ3) is 1.60. The molecule has 0 aromatic carbocycles. The van der Waals surface area contributed by atoms with Gasteiger partial charge in [0.1, 0.15) is 0 Å². The minimum absolute atomic E-state index is 0.00319. The second kappa shape index (κ2) is 3.48. The SMILES string of the molecule is C[C@@H]1C[C@@H](O)[C@@H]2[C@@H]1C[C@@H]1CC[C@@]2(C)OC1(C)C. The lowest BCUT2D eigenvalue weighted by atomic mass is 9.77. The van der Waals surface area contributed by atoms with Gasteiger partial charge in [-0.25, -0.2) is 0 Å². The number of hydrogen-bond donors (Lipinski definition) is 1. The fourth-order valence-electron chi connectivity index (χ4n) is 5.09. The van der Waals surface area contributed by atoms with Crippen molar-refractivity contribution >= 4 is 0 Å². The fourth-order valence-corrected chi connectivity index (χ4v) is 5.09.